The molecule has 1 aromatic rings. The maximum atomic E-state index is 12.2. The number of benzene rings is 1. The Morgan fingerprint density at radius 3 is 2.83 bits per heavy atom. The van der Waals surface area contributed by atoms with Crippen LogP contribution in [-0.2, 0) is 4.79 Å². The molecule has 1 N–H and O–H groups in total. The summed E-state index contributed by atoms with van der Waals surface area (Å²) in [6.45, 7) is 5.06. The second kappa shape index (κ2) is 5.41. The maximum absolute atomic E-state index is 12.2. The first-order valence-electron chi connectivity index (χ1n) is 6.27. The summed E-state index contributed by atoms with van der Waals surface area (Å²) in [6, 6.07) is 6.34. The topological polar surface area (TPSA) is 32.3 Å². The van der Waals surface area contributed by atoms with E-state index in [1.54, 1.807) is 0 Å². The fourth-order valence-electron chi connectivity index (χ4n) is 2.59. The lowest BCUT2D eigenvalue weighted by atomic mass is 10.0. The molecule has 2 rings (SSSR count). The van der Waals surface area contributed by atoms with Gasteiger partial charge in [-0.1, -0.05) is 15.9 Å². The van der Waals surface area contributed by atoms with Crippen molar-refractivity contribution in [1.29, 1.82) is 0 Å². The van der Waals surface area contributed by atoms with Crippen LogP contribution < -0.4 is 10.2 Å². The predicted molar refractivity (Wildman–Crippen MR) is 77.9 cm³/mol. The lowest BCUT2D eigenvalue weighted by Crippen LogP contribution is -2.35. The Balaban J connectivity index is 2.27. The van der Waals surface area contributed by atoms with Crippen LogP contribution in [0.25, 0.3) is 0 Å². The number of nitrogens with one attached hydrogen (secondary N) is 1. The molecule has 2 unspecified atom stereocenters. The molecule has 0 aromatic heterocycles. The third-order valence-corrected chi connectivity index (χ3v) is 4.57. The summed E-state index contributed by atoms with van der Waals surface area (Å²) in [5.41, 5.74) is 2.16. The number of carbonyl (C=O) groups excluding carboxylic acids is 1. The van der Waals surface area contributed by atoms with Crippen LogP contribution in [0.4, 0.5) is 5.69 Å². The van der Waals surface area contributed by atoms with E-state index in [2.05, 4.69) is 34.2 Å². The van der Waals surface area contributed by atoms with Crippen molar-refractivity contribution in [1.82, 2.24) is 5.32 Å². The summed E-state index contributed by atoms with van der Waals surface area (Å²) in [6.07, 6.45) is 0.636. The highest BCUT2D eigenvalue weighted by molar-refractivity contribution is 9.10. The van der Waals surface area contributed by atoms with Crippen LogP contribution in [0.1, 0.15) is 18.9 Å². The van der Waals surface area contributed by atoms with E-state index in [-0.39, 0.29) is 11.9 Å². The quantitative estimate of drug-likeness (QED) is 0.931. The summed E-state index contributed by atoms with van der Waals surface area (Å²) in [4.78, 5) is 14.1. The van der Waals surface area contributed by atoms with E-state index in [9.17, 15) is 4.79 Å². The van der Waals surface area contributed by atoms with E-state index in [1.807, 2.05) is 31.0 Å². The Bertz CT molecular complexity index is 461. The fraction of sp³-hybridized carbons (Fsp3) is 0.500. The molecular formula is C14H19BrN2O. The SMILES string of the molecule is CNCC1CC(=O)N(c2ccc(Br)c(C)c2)C1C. The van der Waals surface area contributed by atoms with Gasteiger partial charge in [-0.3, -0.25) is 4.79 Å². The van der Waals surface area contributed by atoms with Crippen molar-refractivity contribution >= 4 is 27.5 Å². The highest BCUT2D eigenvalue weighted by Crippen LogP contribution is 2.32. The van der Waals surface area contributed by atoms with Crippen molar-refractivity contribution in [3.8, 4) is 0 Å². The summed E-state index contributed by atoms with van der Waals surface area (Å²) in [7, 11) is 1.93. The van der Waals surface area contributed by atoms with Gasteiger partial charge in [0.1, 0.15) is 0 Å². The monoisotopic (exact) mass is 310 g/mol. The van der Waals surface area contributed by atoms with Crippen LogP contribution >= 0.6 is 15.9 Å². The van der Waals surface area contributed by atoms with Crippen molar-refractivity contribution in [2.24, 2.45) is 5.92 Å². The molecule has 1 heterocycles. The normalized spacial score (nSPS) is 23.8. The first-order chi connectivity index (χ1) is 8.54. The second-order valence-electron chi connectivity index (χ2n) is 4.96. The number of nitrogens with zero attached hydrogens (tertiary/aromatic N) is 1. The minimum Gasteiger partial charge on any atom is -0.319 e. The zero-order chi connectivity index (χ0) is 13.3. The van der Waals surface area contributed by atoms with Crippen molar-refractivity contribution in [2.45, 2.75) is 26.3 Å². The maximum Gasteiger partial charge on any atom is 0.227 e. The molecule has 4 heteroatoms. The second-order valence-corrected chi connectivity index (χ2v) is 5.81. The molecule has 1 fully saturated rings. The number of aryl methyl sites for hydroxylation is 1. The third kappa shape index (κ3) is 2.45. The van der Waals surface area contributed by atoms with Crippen LogP contribution in [0.15, 0.2) is 22.7 Å². The Hall–Kier alpha value is -0.870. The minimum atomic E-state index is 0.226. The fourth-order valence-corrected chi connectivity index (χ4v) is 2.84. The van der Waals surface area contributed by atoms with Crippen molar-refractivity contribution in [3.05, 3.63) is 28.2 Å². The average molecular weight is 311 g/mol. The average Bonchev–Trinajstić information content (AvgIpc) is 2.59. The van der Waals surface area contributed by atoms with Crippen molar-refractivity contribution in [2.75, 3.05) is 18.5 Å². The molecule has 1 aliphatic rings. The summed E-state index contributed by atoms with van der Waals surface area (Å²) in [5.74, 6) is 0.621. The molecular weight excluding hydrogens is 292 g/mol. The van der Waals surface area contributed by atoms with Crippen molar-refractivity contribution in [3.63, 3.8) is 0 Å². The molecule has 2 atom stereocenters. The molecule has 98 valence electrons. The molecule has 1 aliphatic heterocycles. The number of anilines is 1. The lowest BCUT2D eigenvalue weighted by molar-refractivity contribution is -0.117. The molecule has 1 amide bonds. The summed E-state index contributed by atoms with van der Waals surface area (Å²) in [5, 5.41) is 3.17. The first-order valence-corrected chi connectivity index (χ1v) is 7.06. The molecule has 0 bridgehead atoms. The van der Waals surface area contributed by atoms with Gasteiger partial charge in [0, 0.05) is 35.1 Å². The van der Waals surface area contributed by atoms with Gasteiger partial charge in [-0.2, -0.15) is 0 Å². The number of hydrogen-bond donors (Lipinski definition) is 1. The van der Waals surface area contributed by atoms with Gasteiger partial charge in [0.05, 0.1) is 0 Å². The predicted octanol–water partition coefficient (Wildman–Crippen LogP) is 2.72. The Kier molecular flexibility index (Phi) is 4.07. The molecule has 0 aliphatic carbocycles. The molecule has 1 saturated heterocycles. The molecule has 0 spiro atoms. The van der Waals surface area contributed by atoms with Gasteiger partial charge in [-0.05, 0) is 44.7 Å². The van der Waals surface area contributed by atoms with Gasteiger partial charge in [-0.15, -0.1) is 0 Å². The number of halogens is 1. The zero-order valence-electron chi connectivity index (χ0n) is 11.0. The number of hydrogen-bond acceptors (Lipinski definition) is 2. The molecule has 0 radical (unpaired) electrons. The Morgan fingerprint density at radius 1 is 1.50 bits per heavy atom. The highest BCUT2D eigenvalue weighted by atomic mass is 79.9. The smallest absolute Gasteiger partial charge is 0.227 e. The van der Waals surface area contributed by atoms with E-state index in [1.165, 1.54) is 0 Å². The van der Waals surface area contributed by atoms with Gasteiger partial charge in [-0.25, -0.2) is 0 Å². The van der Waals surface area contributed by atoms with Crippen LogP contribution in [0.5, 0.6) is 0 Å². The summed E-state index contributed by atoms with van der Waals surface area (Å²) < 4.78 is 1.08. The van der Waals surface area contributed by atoms with Crippen LogP contribution in [0.2, 0.25) is 0 Å². The third-order valence-electron chi connectivity index (χ3n) is 3.68. The van der Waals surface area contributed by atoms with Gasteiger partial charge in [0.25, 0.3) is 0 Å². The minimum absolute atomic E-state index is 0.226. The van der Waals surface area contributed by atoms with Crippen LogP contribution in [-0.4, -0.2) is 25.5 Å². The van der Waals surface area contributed by atoms with Gasteiger partial charge < -0.3 is 10.2 Å². The van der Waals surface area contributed by atoms with Crippen molar-refractivity contribution < 1.29 is 4.79 Å². The Morgan fingerprint density at radius 2 is 2.22 bits per heavy atom. The molecule has 3 nitrogen and oxygen atoms in total. The standard InChI is InChI=1S/C14H19BrN2O/c1-9-6-12(4-5-13(9)15)17-10(2)11(8-16-3)7-14(17)18/h4-6,10-11,16H,7-8H2,1-3H3. The number of amides is 1. The van der Waals surface area contributed by atoms with E-state index < -0.39 is 0 Å². The number of carbonyl (C=O) groups is 1. The van der Waals surface area contributed by atoms with E-state index in [4.69, 9.17) is 0 Å². The zero-order valence-corrected chi connectivity index (χ0v) is 12.6. The largest absolute Gasteiger partial charge is 0.319 e. The lowest BCUT2D eigenvalue weighted by Gasteiger charge is -2.25. The number of rotatable bonds is 3. The van der Waals surface area contributed by atoms with Gasteiger partial charge >= 0.3 is 0 Å². The van der Waals surface area contributed by atoms with E-state index in [0.717, 1.165) is 22.3 Å². The Labute approximate surface area is 117 Å². The van der Waals surface area contributed by atoms with Gasteiger partial charge in [0.15, 0.2) is 0 Å². The van der Waals surface area contributed by atoms with E-state index >= 15 is 0 Å². The van der Waals surface area contributed by atoms with Crippen LogP contribution in [0, 0.1) is 12.8 Å². The van der Waals surface area contributed by atoms with E-state index in [0.29, 0.717) is 12.3 Å². The van der Waals surface area contributed by atoms with Crippen LogP contribution in [0.3, 0.4) is 0 Å². The molecule has 18 heavy (non-hydrogen) atoms. The molecule has 1 aromatic carbocycles. The molecule has 0 saturated carbocycles. The summed E-state index contributed by atoms with van der Waals surface area (Å²) >= 11 is 3.49. The van der Waals surface area contributed by atoms with Gasteiger partial charge in [0.2, 0.25) is 5.91 Å². The first kappa shape index (κ1) is 13.6. The highest BCUT2D eigenvalue weighted by Gasteiger charge is 2.37.